The van der Waals surface area contributed by atoms with Crippen molar-refractivity contribution in [3.05, 3.63) is 0 Å². The summed E-state index contributed by atoms with van der Waals surface area (Å²) in [7, 11) is 2.17. The van der Waals surface area contributed by atoms with E-state index in [-0.39, 0.29) is 11.9 Å². The van der Waals surface area contributed by atoms with Gasteiger partial charge in [0.15, 0.2) is 0 Å². The summed E-state index contributed by atoms with van der Waals surface area (Å²) in [6, 6.07) is -0.346. The van der Waals surface area contributed by atoms with Gasteiger partial charge in [-0.25, -0.2) is 0 Å². The van der Waals surface area contributed by atoms with Crippen LogP contribution in [0.3, 0.4) is 0 Å². The van der Waals surface area contributed by atoms with E-state index in [9.17, 15) is 4.79 Å². The number of piperidine rings is 1. The van der Waals surface area contributed by atoms with Gasteiger partial charge in [-0.15, -0.1) is 0 Å². The second kappa shape index (κ2) is 4.34. The first-order chi connectivity index (χ1) is 7.52. The molecule has 0 aromatic heterocycles. The molecule has 2 N–H and O–H groups in total. The number of likely N-dealkylation sites (tertiary alicyclic amines) is 2. The number of amides is 1. The van der Waals surface area contributed by atoms with Crippen molar-refractivity contribution in [2.24, 2.45) is 11.1 Å². The molecule has 0 aliphatic carbocycles. The molecule has 2 aliphatic heterocycles. The Hall–Kier alpha value is -0.610. The maximum absolute atomic E-state index is 11.8. The Balaban J connectivity index is 1.94. The highest BCUT2D eigenvalue weighted by molar-refractivity contribution is 5.81. The lowest BCUT2D eigenvalue weighted by molar-refractivity contribution is -0.131. The summed E-state index contributed by atoms with van der Waals surface area (Å²) in [5, 5.41) is 0. The van der Waals surface area contributed by atoms with Crippen molar-refractivity contribution in [1.82, 2.24) is 9.80 Å². The molecular weight excluding hydrogens is 202 g/mol. The number of carbonyl (C=O) groups is 1. The summed E-state index contributed by atoms with van der Waals surface area (Å²) in [4.78, 5) is 16.2. The first-order valence-corrected chi connectivity index (χ1v) is 6.25. The average Bonchev–Trinajstić information content (AvgIpc) is 2.66. The van der Waals surface area contributed by atoms with Crippen LogP contribution >= 0.6 is 0 Å². The van der Waals surface area contributed by atoms with Crippen molar-refractivity contribution in [3.63, 3.8) is 0 Å². The Morgan fingerprint density at radius 3 is 2.38 bits per heavy atom. The lowest BCUT2D eigenvalue weighted by Crippen LogP contribution is -2.44. The van der Waals surface area contributed by atoms with Crippen molar-refractivity contribution in [2.75, 3.05) is 33.2 Å². The van der Waals surface area contributed by atoms with E-state index < -0.39 is 0 Å². The fourth-order valence-corrected chi connectivity index (χ4v) is 2.91. The van der Waals surface area contributed by atoms with E-state index in [0.717, 1.165) is 13.1 Å². The van der Waals surface area contributed by atoms with E-state index in [4.69, 9.17) is 5.73 Å². The predicted molar refractivity (Wildman–Crippen MR) is 64.0 cm³/mol. The predicted octanol–water partition coefficient (Wildman–Crippen LogP) is 0.278. The molecule has 16 heavy (non-hydrogen) atoms. The molecule has 4 nitrogen and oxygen atoms in total. The minimum Gasteiger partial charge on any atom is -0.341 e. The van der Waals surface area contributed by atoms with Gasteiger partial charge in [0.2, 0.25) is 5.91 Å². The highest BCUT2D eigenvalue weighted by Gasteiger charge is 2.41. The van der Waals surface area contributed by atoms with Gasteiger partial charge in [0, 0.05) is 13.1 Å². The van der Waals surface area contributed by atoms with Gasteiger partial charge in [0.1, 0.15) is 0 Å². The van der Waals surface area contributed by atoms with Gasteiger partial charge in [0.25, 0.3) is 0 Å². The lowest BCUT2D eigenvalue weighted by Gasteiger charge is -2.37. The molecular formula is C12H23N3O. The zero-order valence-corrected chi connectivity index (χ0v) is 10.4. The van der Waals surface area contributed by atoms with Gasteiger partial charge in [-0.3, -0.25) is 4.79 Å². The molecule has 0 aromatic carbocycles. The van der Waals surface area contributed by atoms with E-state index in [1.165, 1.54) is 32.4 Å². The Bertz CT molecular complexity index is 269. The maximum Gasteiger partial charge on any atom is 0.239 e. The minimum atomic E-state index is -0.346. The standard InChI is InChI=1S/C12H23N3O/c1-10(13)11(16)15-8-5-12(9-15)3-6-14(2)7-4-12/h10H,3-9,13H2,1-2H3. The summed E-state index contributed by atoms with van der Waals surface area (Å²) in [5.74, 6) is 0.121. The third-order valence-corrected chi connectivity index (χ3v) is 4.19. The molecule has 1 unspecified atom stereocenters. The van der Waals surface area contributed by atoms with Gasteiger partial charge in [-0.2, -0.15) is 0 Å². The molecule has 0 bridgehead atoms. The lowest BCUT2D eigenvalue weighted by atomic mass is 9.78. The van der Waals surface area contributed by atoms with Gasteiger partial charge in [0.05, 0.1) is 6.04 Å². The number of rotatable bonds is 1. The van der Waals surface area contributed by atoms with Crippen molar-refractivity contribution in [3.8, 4) is 0 Å². The normalized spacial score (nSPS) is 27.3. The zero-order chi connectivity index (χ0) is 11.8. The smallest absolute Gasteiger partial charge is 0.239 e. The molecule has 1 atom stereocenters. The van der Waals surface area contributed by atoms with Crippen LogP contribution in [0.1, 0.15) is 26.2 Å². The first kappa shape index (κ1) is 11.9. The summed E-state index contributed by atoms with van der Waals surface area (Å²) in [5.41, 5.74) is 6.06. The molecule has 1 amide bonds. The molecule has 2 saturated heterocycles. The number of nitrogens with two attached hydrogens (primary N) is 1. The van der Waals surface area contributed by atoms with Crippen LogP contribution in [-0.2, 0) is 4.79 Å². The maximum atomic E-state index is 11.8. The van der Waals surface area contributed by atoms with Crippen molar-refractivity contribution in [1.29, 1.82) is 0 Å². The number of nitrogens with zero attached hydrogens (tertiary/aromatic N) is 2. The number of hydrogen-bond acceptors (Lipinski definition) is 3. The topological polar surface area (TPSA) is 49.6 Å². The van der Waals surface area contributed by atoms with Gasteiger partial charge < -0.3 is 15.5 Å². The average molecular weight is 225 g/mol. The molecule has 2 heterocycles. The number of carbonyl (C=O) groups excluding carboxylic acids is 1. The van der Waals surface area contributed by atoms with Gasteiger partial charge in [-0.1, -0.05) is 0 Å². The van der Waals surface area contributed by atoms with E-state index in [2.05, 4.69) is 11.9 Å². The van der Waals surface area contributed by atoms with Gasteiger partial charge in [-0.05, 0) is 51.7 Å². The van der Waals surface area contributed by atoms with Gasteiger partial charge >= 0.3 is 0 Å². The third-order valence-electron chi connectivity index (χ3n) is 4.19. The molecule has 0 radical (unpaired) electrons. The highest BCUT2D eigenvalue weighted by atomic mass is 16.2. The summed E-state index contributed by atoms with van der Waals surface area (Å²) in [6.07, 6.45) is 3.62. The van der Waals surface area contributed by atoms with E-state index in [1.807, 2.05) is 4.90 Å². The SMILES string of the molecule is CC(N)C(=O)N1CCC2(CCN(C)CC2)C1. The Morgan fingerprint density at radius 1 is 1.25 bits per heavy atom. The summed E-state index contributed by atoms with van der Waals surface area (Å²) in [6.45, 7) is 5.95. The quantitative estimate of drug-likeness (QED) is 0.697. The van der Waals surface area contributed by atoms with Crippen molar-refractivity contribution < 1.29 is 4.79 Å². The fraction of sp³-hybridized carbons (Fsp3) is 0.917. The second-order valence-corrected chi connectivity index (χ2v) is 5.60. The van der Waals surface area contributed by atoms with Crippen LogP contribution in [0.25, 0.3) is 0 Å². The zero-order valence-electron chi connectivity index (χ0n) is 10.4. The second-order valence-electron chi connectivity index (χ2n) is 5.60. The Kier molecular flexibility index (Phi) is 3.22. The highest BCUT2D eigenvalue weighted by Crippen LogP contribution is 2.40. The largest absolute Gasteiger partial charge is 0.341 e. The van der Waals surface area contributed by atoms with E-state index >= 15 is 0 Å². The summed E-state index contributed by atoms with van der Waals surface area (Å²) >= 11 is 0. The Labute approximate surface area is 97.8 Å². The molecule has 2 rings (SSSR count). The van der Waals surface area contributed by atoms with Crippen LogP contribution in [-0.4, -0.2) is 55.0 Å². The van der Waals surface area contributed by atoms with E-state index in [1.54, 1.807) is 6.92 Å². The van der Waals surface area contributed by atoms with Crippen molar-refractivity contribution >= 4 is 5.91 Å². The molecule has 0 saturated carbocycles. The Morgan fingerprint density at radius 2 is 1.81 bits per heavy atom. The first-order valence-electron chi connectivity index (χ1n) is 6.25. The van der Waals surface area contributed by atoms with Crippen molar-refractivity contribution in [2.45, 2.75) is 32.2 Å². The van der Waals surface area contributed by atoms with Crippen LogP contribution in [0.4, 0.5) is 0 Å². The molecule has 4 heteroatoms. The van der Waals surface area contributed by atoms with E-state index in [0.29, 0.717) is 5.41 Å². The minimum absolute atomic E-state index is 0.121. The molecule has 0 aromatic rings. The van der Waals surface area contributed by atoms with Crippen LogP contribution in [0.15, 0.2) is 0 Å². The third kappa shape index (κ3) is 2.23. The monoisotopic (exact) mass is 225 g/mol. The molecule has 92 valence electrons. The summed E-state index contributed by atoms with van der Waals surface area (Å²) < 4.78 is 0. The molecule has 2 aliphatic rings. The van der Waals surface area contributed by atoms with Crippen LogP contribution < -0.4 is 5.73 Å². The van der Waals surface area contributed by atoms with Crippen LogP contribution in [0.5, 0.6) is 0 Å². The van der Waals surface area contributed by atoms with Crippen LogP contribution in [0, 0.1) is 5.41 Å². The molecule has 2 fully saturated rings. The molecule has 1 spiro atoms. The number of hydrogen-bond donors (Lipinski definition) is 1. The fourth-order valence-electron chi connectivity index (χ4n) is 2.91. The van der Waals surface area contributed by atoms with Crippen LogP contribution in [0.2, 0.25) is 0 Å².